The van der Waals surface area contributed by atoms with E-state index in [9.17, 15) is 4.79 Å². The largest absolute Gasteiger partial charge is 0.396 e. The van der Waals surface area contributed by atoms with Gasteiger partial charge in [0, 0.05) is 19.7 Å². The van der Waals surface area contributed by atoms with Gasteiger partial charge in [0.15, 0.2) is 0 Å². The third-order valence-corrected chi connectivity index (χ3v) is 2.84. The van der Waals surface area contributed by atoms with Crippen molar-refractivity contribution in [3.8, 4) is 0 Å². The van der Waals surface area contributed by atoms with Gasteiger partial charge in [-0.2, -0.15) is 0 Å². The normalized spacial score (nSPS) is 13.5. The Morgan fingerprint density at radius 2 is 2.06 bits per heavy atom. The van der Waals surface area contributed by atoms with Crippen LogP contribution in [-0.4, -0.2) is 36.8 Å². The van der Waals surface area contributed by atoms with Gasteiger partial charge in [-0.15, -0.1) is 0 Å². The predicted octanol–water partition coefficient (Wildman–Crippen LogP) is 1.29. The summed E-state index contributed by atoms with van der Waals surface area (Å²) in [5.41, 5.74) is 0.113. The van der Waals surface area contributed by atoms with E-state index in [4.69, 9.17) is 5.11 Å². The second-order valence-electron chi connectivity index (χ2n) is 5.38. The van der Waals surface area contributed by atoms with Crippen molar-refractivity contribution in [3.05, 3.63) is 0 Å². The summed E-state index contributed by atoms with van der Waals surface area (Å²) in [6, 6.07) is -0.157. The van der Waals surface area contributed by atoms with Crippen LogP contribution in [0.5, 0.6) is 0 Å². The maximum absolute atomic E-state index is 11.6. The summed E-state index contributed by atoms with van der Waals surface area (Å²) in [6.45, 7) is 9.96. The van der Waals surface area contributed by atoms with Crippen molar-refractivity contribution in [2.24, 2.45) is 5.41 Å². The van der Waals surface area contributed by atoms with Crippen molar-refractivity contribution < 1.29 is 9.90 Å². The Morgan fingerprint density at radius 3 is 2.59 bits per heavy atom. The third-order valence-electron chi connectivity index (χ3n) is 2.84. The molecule has 0 aliphatic carbocycles. The fourth-order valence-electron chi connectivity index (χ4n) is 1.57. The van der Waals surface area contributed by atoms with Crippen LogP contribution >= 0.6 is 0 Å². The molecule has 4 nitrogen and oxygen atoms in total. The monoisotopic (exact) mass is 244 g/mol. The van der Waals surface area contributed by atoms with Gasteiger partial charge in [0.05, 0.1) is 6.04 Å². The minimum atomic E-state index is -0.157. The quantitative estimate of drug-likeness (QED) is 0.573. The fraction of sp³-hybridized carbons (Fsp3) is 0.923. The molecule has 0 fully saturated rings. The summed E-state index contributed by atoms with van der Waals surface area (Å²) in [5, 5.41) is 14.9. The Bertz CT molecular complexity index is 217. The average molecular weight is 244 g/mol. The molecule has 4 heteroatoms. The molecule has 0 saturated carbocycles. The maximum Gasteiger partial charge on any atom is 0.236 e. The van der Waals surface area contributed by atoms with E-state index < -0.39 is 0 Å². The lowest BCUT2D eigenvalue weighted by Crippen LogP contribution is -2.45. The van der Waals surface area contributed by atoms with E-state index in [1.165, 1.54) is 0 Å². The van der Waals surface area contributed by atoms with Crippen LogP contribution in [-0.2, 0) is 4.79 Å². The average Bonchev–Trinajstić information content (AvgIpc) is 2.30. The van der Waals surface area contributed by atoms with Gasteiger partial charge in [-0.1, -0.05) is 20.8 Å². The predicted molar refractivity (Wildman–Crippen MR) is 70.9 cm³/mol. The molecule has 0 aromatic carbocycles. The molecule has 0 bridgehead atoms. The van der Waals surface area contributed by atoms with E-state index >= 15 is 0 Å². The number of nitrogens with one attached hydrogen (secondary N) is 2. The van der Waals surface area contributed by atoms with Gasteiger partial charge in [0.1, 0.15) is 0 Å². The molecule has 0 radical (unpaired) electrons. The first-order valence-electron chi connectivity index (χ1n) is 6.55. The maximum atomic E-state index is 11.6. The van der Waals surface area contributed by atoms with Gasteiger partial charge < -0.3 is 15.7 Å². The number of carbonyl (C=O) groups is 1. The molecule has 1 unspecified atom stereocenters. The Kier molecular flexibility index (Phi) is 8.17. The number of rotatable bonds is 9. The van der Waals surface area contributed by atoms with Gasteiger partial charge in [0.25, 0.3) is 0 Å². The molecule has 3 N–H and O–H groups in total. The van der Waals surface area contributed by atoms with Crippen molar-refractivity contribution in [1.29, 1.82) is 0 Å². The van der Waals surface area contributed by atoms with E-state index in [1.54, 1.807) is 0 Å². The number of hydrogen-bond acceptors (Lipinski definition) is 3. The topological polar surface area (TPSA) is 61.4 Å². The number of carbonyl (C=O) groups excluding carboxylic acids is 1. The van der Waals surface area contributed by atoms with Crippen LogP contribution in [0, 0.1) is 5.41 Å². The highest BCUT2D eigenvalue weighted by Crippen LogP contribution is 2.20. The minimum Gasteiger partial charge on any atom is -0.396 e. The van der Waals surface area contributed by atoms with Crippen LogP contribution in [0.1, 0.15) is 47.0 Å². The van der Waals surface area contributed by atoms with E-state index in [1.807, 2.05) is 13.8 Å². The first-order valence-corrected chi connectivity index (χ1v) is 6.55. The van der Waals surface area contributed by atoms with Gasteiger partial charge in [0.2, 0.25) is 5.91 Å². The molecular formula is C13H28N2O2. The van der Waals surface area contributed by atoms with Crippen LogP contribution in [0.3, 0.4) is 0 Å². The molecule has 1 amide bonds. The summed E-state index contributed by atoms with van der Waals surface area (Å²) < 4.78 is 0. The van der Waals surface area contributed by atoms with Crippen molar-refractivity contribution >= 4 is 5.91 Å². The molecule has 0 saturated heterocycles. The minimum absolute atomic E-state index is 0.0600. The fourth-order valence-corrected chi connectivity index (χ4v) is 1.57. The Balaban J connectivity index is 3.88. The number of aliphatic hydroxyl groups excluding tert-OH is 1. The zero-order valence-corrected chi connectivity index (χ0v) is 11.7. The Hall–Kier alpha value is -0.610. The first kappa shape index (κ1) is 16.4. The molecule has 0 spiro atoms. The lowest BCUT2D eigenvalue weighted by molar-refractivity contribution is -0.122. The molecule has 102 valence electrons. The van der Waals surface area contributed by atoms with Crippen LogP contribution in [0.4, 0.5) is 0 Å². The Labute approximate surface area is 105 Å². The first-order chi connectivity index (χ1) is 7.93. The lowest BCUT2D eigenvalue weighted by atomic mass is 9.87. The molecular weight excluding hydrogens is 216 g/mol. The van der Waals surface area contributed by atoms with Crippen LogP contribution < -0.4 is 10.6 Å². The summed E-state index contributed by atoms with van der Waals surface area (Å²) >= 11 is 0. The molecule has 17 heavy (non-hydrogen) atoms. The van der Waals surface area contributed by atoms with E-state index in [-0.39, 0.29) is 24.0 Å². The van der Waals surface area contributed by atoms with E-state index in [0.717, 1.165) is 32.4 Å². The summed E-state index contributed by atoms with van der Waals surface area (Å²) in [4.78, 5) is 11.6. The van der Waals surface area contributed by atoms with Crippen molar-refractivity contribution in [1.82, 2.24) is 10.6 Å². The number of hydrogen-bond donors (Lipinski definition) is 3. The highest BCUT2D eigenvalue weighted by Gasteiger charge is 2.20. The van der Waals surface area contributed by atoms with Gasteiger partial charge in [-0.05, 0) is 31.6 Å². The standard InChI is InChI=1S/C13H28N2O2/c1-5-8-14-12(17)11(2)15-10-13(3,4)7-6-9-16/h11,15-16H,5-10H2,1-4H3,(H,14,17). The van der Waals surface area contributed by atoms with Crippen molar-refractivity contribution in [2.45, 2.75) is 53.0 Å². The molecule has 1 atom stereocenters. The molecule has 0 aliphatic heterocycles. The van der Waals surface area contributed by atoms with E-state index in [2.05, 4.69) is 24.5 Å². The van der Waals surface area contributed by atoms with Crippen LogP contribution in [0.25, 0.3) is 0 Å². The lowest BCUT2D eigenvalue weighted by Gasteiger charge is -2.26. The molecule has 0 aromatic rings. The van der Waals surface area contributed by atoms with Crippen LogP contribution in [0.15, 0.2) is 0 Å². The molecule has 0 heterocycles. The second-order valence-corrected chi connectivity index (χ2v) is 5.38. The van der Waals surface area contributed by atoms with Crippen LogP contribution in [0.2, 0.25) is 0 Å². The Morgan fingerprint density at radius 1 is 1.41 bits per heavy atom. The SMILES string of the molecule is CCCNC(=O)C(C)NCC(C)(C)CCCO. The number of aliphatic hydroxyl groups is 1. The van der Waals surface area contributed by atoms with Gasteiger partial charge >= 0.3 is 0 Å². The van der Waals surface area contributed by atoms with Crippen molar-refractivity contribution in [2.75, 3.05) is 19.7 Å². The molecule has 0 rings (SSSR count). The highest BCUT2D eigenvalue weighted by atomic mass is 16.2. The zero-order valence-electron chi connectivity index (χ0n) is 11.7. The number of amides is 1. The van der Waals surface area contributed by atoms with E-state index in [0.29, 0.717) is 0 Å². The van der Waals surface area contributed by atoms with Gasteiger partial charge in [-0.3, -0.25) is 4.79 Å². The molecule has 0 aromatic heterocycles. The smallest absolute Gasteiger partial charge is 0.236 e. The van der Waals surface area contributed by atoms with Gasteiger partial charge in [-0.25, -0.2) is 0 Å². The second kappa shape index (κ2) is 8.48. The highest BCUT2D eigenvalue weighted by molar-refractivity contribution is 5.81. The third kappa shape index (κ3) is 8.16. The summed E-state index contributed by atoms with van der Waals surface area (Å²) in [7, 11) is 0. The van der Waals surface area contributed by atoms with Crippen molar-refractivity contribution in [3.63, 3.8) is 0 Å². The summed E-state index contributed by atoms with van der Waals surface area (Å²) in [5.74, 6) is 0.0600. The molecule has 0 aliphatic rings. The summed E-state index contributed by atoms with van der Waals surface area (Å²) in [6.07, 6.45) is 2.73. The zero-order chi connectivity index (χ0) is 13.3.